The largest absolute Gasteiger partial charge is 0.456 e. The first kappa shape index (κ1) is 50.2. The Balaban J connectivity index is 0.000000130. The monoisotopic (exact) mass is 1170 g/mol. The summed E-state index contributed by atoms with van der Waals surface area (Å²) in [5.74, 6) is 1.27. The maximum Gasteiger partial charge on any atom is 0.231 e. The van der Waals surface area contributed by atoms with Gasteiger partial charge in [0.2, 0.25) is 11.4 Å². The van der Waals surface area contributed by atoms with Gasteiger partial charge in [0, 0.05) is 96.9 Å². The Morgan fingerprint density at radius 1 is 0.244 bits per heavy atom. The molecular formula is C80H46N6O3S. The third-order valence-electron chi connectivity index (χ3n) is 17.7. The summed E-state index contributed by atoms with van der Waals surface area (Å²) >= 11 is 1.86. The molecule has 0 aliphatic carbocycles. The molecule has 0 saturated heterocycles. The molecule has 0 aliphatic heterocycles. The molecule has 8 aromatic heterocycles. The van der Waals surface area contributed by atoms with Crippen molar-refractivity contribution in [3.63, 3.8) is 0 Å². The van der Waals surface area contributed by atoms with Crippen LogP contribution in [0.1, 0.15) is 0 Å². The number of benzene rings is 12. The number of hydrogen-bond acceptors (Lipinski definition) is 8. The van der Waals surface area contributed by atoms with Crippen LogP contribution in [0.2, 0.25) is 0 Å². The van der Waals surface area contributed by atoms with Crippen molar-refractivity contribution in [2.45, 2.75) is 0 Å². The van der Waals surface area contributed by atoms with Crippen molar-refractivity contribution in [1.29, 1.82) is 0 Å². The molecule has 20 aromatic rings. The number of para-hydroxylation sites is 5. The van der Waals surface area contributed by atoms with Crippen molar-refractivity contribution in [1.82, 2.24) is 29.1 Å². The molecule has 0 spiro atoms. The Kier molecular flexibility index (Phi) is 11.0. The topological polar surface area (TPSA) is 101 Å². The third kappa shape index (κ3) is 7.68. The second-order valence-electron chi connectivity index (χ2n) is 22.7. The molecule has 0 amide bonds. The standard InChI is InChI=1S/C40H23N3O2.C40H23N3OS/c1-2-10-24(11-3-1)38-37-29-14-6-9-17-33(29)45-40(37)42-39(41-38)25-18-20-26(21-19-25)43-30-15-7-4-12-27(30)35-31(43)22-23-34-36(35)28-13-5-8-16-32(28)44-34;1-2-10-24(11-3-1)38-37-28-13-5-8-16-32(28)44-40(37)42-39(41-38)25-18-20-26(21-19-25)43-30-15-7-4-12-27(30)35-31(43)22-23-34-36(35)29-14-6-9-17-33(29)45-34/h2*1-23H. The van der Waals surface area contributed by atoms with E-state index in [1.165, 1.54) is 52.8 Å². The summed E-state index contributed by atoms with van der Waals surface area (Å²) < 4.78 is 26.1. The number of nitrogens with zero attached hydrogens (tertiary/aromatic N) is 6. The van der Waals surface area contributed by atoms with E-state index in [2.05, 4.69) is 203 Å². The van der Waals surface area contributed by atoms with Gasteiger partial charge in [-0.3, -0.25) is 0 Å². The first-order valence-electron chi connectivity index (χ1n) is 30.0. The van der Waals surface area contributed by atoms with E-state index in [0.717, 1.165) is 111 Å². The molecule has 0 N–H and O–H groups in total. The van der Waals surface area contributed by atoms with Gasteiger partial charge in [-0.15, -0.1) is 11.3 Å². The lowest BCUT2D eigenvalue weighted by Gasteiger charge is -2.10. The second kappa shape index (κ2) is 19.8. The number of fused-ring (bicyclic) bond motifs is 20. The molecule has 0 radical (unpaired) electrons. The molecular weight excluding hydrogens is 1120 g/mol. The summed E-state index contributed by atoms with van der Waals surface area (Å²) in [5.41, 5.74) is 17.1. The summed E-state index contributed by atoms with van der Waals surface area (Å²) in [7, 11) is 0. The van der Waals surface area contributed by atoms with E-state index in [0.29, 0.717) is 23.1 Å². The highest BCUT2D eigenvalue weighted by molar-refractivity contribution is 7.26. The van der Waals surface area contributed by atoms with Gasteiger partial charge < -0.3 is 22.4 Å². The van der Waals surface area contributed by atoms with E-state index < -0.39 is 0 Å². The quantitative estimate of drug-likeness (QED) is 0.163. The first-order chi connectivity index (χ1) is 44.6. The van der Waals surface area contributed by atoms with Crippen molar-refractivity contribution in [2.24, 2.45) is 0 Å². The Bertz CT molecular complexity index is 5890. The molecule has 0 atom stereocenters. The molecule has 0 bridgehead atoms. The summed E-state index contributed by atoms with van der Waals surface area (Å²) in [5, 5.41) is 13.8. The molecule has 0 unspecified atom stereocenters. The van der Waals surface area contributed by atoms with Gasteiger partial charge in [-0.05, 0) is 109 Å². The molecule has 9 nitrogen and oxygen atoms in total. The predicted molar refractivity (Wildman–Crippen MR) is 369 cm³/mol. The molecule has 20 rings (SSSR count). The van der Waals surface area contributed by atoms with Crippen LogP contribution in [0.4, 0.5) is 0 Å². The third-order valence-corrected chi connectivity index (χ3v) is 18.8. The molecule has 12 aromatic carbocycles. The average Bonchev–Trinajstić information content (AvgIpc) is 1.59. The lowest BCUT2D eigenvalue weighted by atomic mass is 10.1. The van der Waals surface area contributed by atoms with Gasteiger partial charge >= 0.3 is 0 Å². The Hall–Kier alpha value is -12.0. The van der Waals surface area contributed by atoms with E-state index in [4.69, 9.17) is 33.2 Å². The number of aromatic nitrogens is 6. The molecule has 90 heavy (non-hydrogen) atoms. The molecule has 420 valence electrons. The fraction of sp³-hybridized carbons (Fsp3) is 0. The lowest BCUT2D eigenvalue weighted by Crippen LogP contribution is -1.96. The maximum absolute atomic E-state index is 6.26. The molecule has 0 saturated carbocycles. The minimum absolute atomic E-state index is 0.586. The van der Waals surface area contributed by atoms with Gasteiger partial charge in [0.1, 0.15) is 22.3 Å². The fourth-order valence-electron chi connectivity index (χ4n) is 13.7. The SMILES string of the molecule is c1ccc(-c2nc(-c3ccc(-n4c5ccccc5c5c6c(ccc54)oc4ccccc46)cc3)nc3oc4ccccc4c23)cc1.c1ccc(-c2nc(-c3ccc(-n4c5ccccc5c5c6c(ccc54)sc4ccccc46)cc3)nc3oc4ccccc4c23)cc1. The minimum Gasteiger partial charge on any atom is -0.456 e. The summed E-state index contributed by atoms with van der Waals surface area (Å²) in [6, 6.07) is 96.8. The van der Waals surface area contributed by atoms with Crippen LogP contribution in [0.3, 0.4) is 0 Å². The zero-order chi connectivity index (χ0) is 59.0. The van der Waals surface area contributed by atoms with E-state index >= 15 is 0 Å². The van der Waals surface area contributed by atoms with Crippen LogP contribution in [-0.4, -0.2) is 29.1 Å². The van der Waals surface area contributed by atoms with Gasteiger partial charge in [0.25, 0.3) is 0 Å². The van der Waals surface area contributed by atoms with Crippen LogP contribution in [0, 0.1) is 0 Å². The maximum atomic E-state index is 6.26. The average molecular weight is 1170 g/mol. The first-order valence-corrected chi connectivity index (χ1v) is 30.8. The van der Waals surface area contributed by atoms with Gasteiger partial charge in [0.15, 0.2) is 11.6 Å². The van der Waals surface area contributed by atoms with E-state index in [9.17, 15) is 0 Å². The van der Waals surface area contributed by atoms with Gasteiger partial charge in [0.05, 0.1) is 44.2 Å². The van der Waals surface area contributed by atoms with Crippen molar-refractivity contribution in [3.05, 3.63) is 279 Å². The Morgan fingerprint density at radius 2 is 0.656 bits per heavy atom. The Labute approximate surface area is 516 Å². The lowest BCUT2D eigenvalue weighted by molar-refractivity contribution is 0.653. The molecule has 10 heteroatoms. The fourth-order valence-corrected chi connectivity index (χ4v) is 14.9. The van der Waals surface area contributed by atoms with E-state index in [1.807, 2.05) is 96.3 Å². The summed E-state index contributed by atoms with van der Waals surface area (Å²) in [6.07, 6.45) is 0. The van der Waals surface area contributed by atoms with Crippen molar-refractivity contribution < 1.29 is 13.3 Å². The minimum atomic E-state index is 0.586. The molecule has 8 heterocycles. The van der Waals surface area contributed by atoms with Gasteiger partial charge in [-0.1, -0.05) is 170 Å². The smallest absolute Gasteiger partial charge is 0.231 e. The van der Waals surface area contributed by atoms with Crippen molar-refractivity contribution in [2.75, 3.05) is 0 Å². The highest BCUT2D eigenvalue weighted by atomic mass is 32.1. The van der Waals surface area contributed by atoms with Crippen LogP contribution >= 0.6 is 11.3 Å². The number of rotatable bonds is 6. The molecule has 0 aliphatic rings. The highest BCUT2D eigenvalue weighted by Gasteiger charge is 2.23. The van der Waals surface area contributed by atoms with Crippen LogP contribution in [0.5, 0.6) is 0 Å². The van der Waals surface area contributed by atoms with Crippen LogP contribution in [0.25, 0.3) is 187 Å². The van der Waals surface area contributed by atoms with Crippen LogP contribution in [-0.2, 0) is 0 Å². The normalized spacial score (nSPS) is 12.0. The Morgan fingerprint density at radius 3 is 1.18 bits per heavy atom. The summed E-state index contributed by atoms with van der Waals surface area (Å²) in [4.78, 5) is 20.1. The van der Waals surface area contributed by atoms with Gasteiger partial charge in [-0.2, -0.15) is 9.97 Å². The number of hydrogen-bond donors (Lipinski definition) is 0. The van der Waals surface area contributed by atoms with E-state index in [1.54, 1.807) is 0 Å². The van der Waals surface area contributed by atoms with Crippen molar-refractivity contribution in [3.8, 4) is 56.7 Å². The zero-order valence-electron chi connectivity index (χ0n) is 47.9. The second-order valence-corrected chi connectivity index (χ2v) is 23.8. The van der Waals surface area contributed by atoms with Gasteiger partial charge in [-0.25, -0.2) is 9.97 Å². The number of furan rings is 3. The van der Waals surface area contributed by atoms with Crippen LogP contribution < -0.4 is 0 Å². The van der Waals surface area contributed by atoms with Crippen LogP contribution in [0.15, 0.2) is 292 Å². The predicted octanol–water partition coefficient (Wildman–Crippen LogP) is 21.9. The van der Waals surface area contributed by atoms with Crippen molar-refractivity contribution >= 4 is 141 Å². The zero-order valence-corrected chi connectivity index (χ0v) is 48.7. The summed E-state index contributed by atoms with van der Waals surface area (Å²) in [6.45, 7) is 0. The van der Waals surface area contributed by atoms with E-state index in [-0.39, 0.29) is 0 Å². The number of thiophene rings is 1. The highest BCUT2D eigenvalue weighted by Crippen LogP contribution is 2.46. The molecule has 0 fully saturated rings.